The maximum Gasteiger partial charge on any atom is 0.263 e. The van der Waals surface area contributed by atoms with E-state index >= 15 is 0 Å². The molecule has 0 unspecified atom stereocenters. The van der Waals surface area contributed by atoms with Crippen LogP contribution in [0, 0.1) is 0 Å². The molecule has 0 aliphatic carbocycles. The van der Waals surface area contributed by atoms with Crippen LogP contribution < -0.4 is 10.0 Å². The zero-order chi connectivity index (χ0) is 15.3. The number of sulfonamides is 1. The summed E-state index contributed by atoms with van der Waals surface area (Å²) in [4.78, 5) is 4.19. The van der Waals surface area contributed by atoms with E-state index in [1.165, 1.54) is 6.20 Å². The molecule has 0 atom stereocenters. The predicted octanol–water partition coefficient (Wildman–Crippen LogP) is 3.47. The third-order valence-corrected chi connectivity index (χ3v) is 4.73. The van der Waals surface area contributed by atoms with Gasteiger partial charge in [0.15, 0.2) is 5.82 Å². The molecule has 5 nitrogen and oxygen atoms in total. The fourth-order valence-corrected chi connectivity index (χ4v) is 3.18. The number of nitrogens with zero attached hydrogens (tertiary/aromatic N) is 1. The van der Waals surface area contributed by atoms with Crippen LogP contribution in [0.3, 0.4) is 0 Å². The molecule has 0 aliphatic heterocycles. The molecule has 0 fully saturated rings. The molecule has 0 spiro atoms. The number of hydrogen-bond acceptors (Lipinski definition) is 4. The first-order valence-electron chi connectivity index (χ1n) is 6.50. The maximum atomic E-state index is 12.3. The highest BCUT2D eigenvalue weighted by atomic mass is 79.9. The van der Waals surface area contributed by atoms with Gasteiger partial charge in [0, 0.05) is 18.4 Å². The van der Waals surface area contributed by atoms with Crippen molar-refractivity contribution >= 4 is 37.5 Å². The van der Waals surface area contributed by atoms with Crippen LogP contribution in [-0.2, 0) is 10.0 Å². The van der Waals surface area contributed by atoms with Crippen molar-refractivity contribution in [3.8, 4) is 0 Å². The van der Waals surface area contributed by atoms with E-state index in [-0.39, 0.29) is 10.7 Å². The van der Waals surface area contributed by atoms with E-state index in [4.69, 9.17) is 0 Å². The first-order valence-corrected chi connectivity index (χ1v) is 8.78. The number of pyridine rings is 1. The van der Waals surface area contributed by atoms with E-state index in [0.29, 0.717) is 4.47 Å². The fourth-order valence-electron chi connectivity index (χ4n) is 1.67. The molecule has 112 valence electrons. The van der Waals surface area contributed by atoms with Crippen LogP contribution in [0.15, 0.2) is 52.0 Å². The lowest BCUT2D eigenvalue weighted by molar-refractivity contribution is 0.601. The minimum atomic E-state index is -3.64. The SMILES string of the molecule is CCCNc1ccc(S(=O)(=O)Nc2ncccc2Br)cc1. The van der Waals surface area contributed by atoms with Gasteiger partial charge >= 0.3 is 0 Å². The average Bonchev–Trinajstić information content (AvgIpc) is 2.48. The van der Waals surface area contributed by atoms with Gasteiger partial charge in [-0.25, -0.2) is 13.4 Å². The second-order valence-corrected chi connectivity index (χ2v) is 6.93. The van der Waals surface area contributed by atoms with Gasteiger partial charge in [-0.3, -0.25) is 4.72 Å². The van der Waals surface area contributed by atoms with Gasteiger partial charge in [0.1, 0.15) is 0 Å². The highest BCUT2D eigenvalue weighted by Crippen LogP contribution is 2.22. The molecule has 21 heavy (non-hydrogen) atoms. The van der Waals surface area contributed by atoms with Gasteiger partial charge in [-0.2, -0.15) is 0 Å². The van der Waals surface area contributed by atoms with Gasteiger partial charge in [0.05, 0.1) is 9.37 Å². The van der Waals surface area contributed by atoms with E-state index in [0.717, 1.165) is 18.7 Å². The quantitative estimate of drug-likeness (QED) is 0.817. The minimum absolute atomic E-state index is 0.196. The van der Waals surface area contributed by atoms with Gasteiger partial charge in [0.2, 0.25) is 0 Å². The Kier molecular flexibility index (Phi) is 5.19. The fraction of sp³-hybridized carbons (Fsp3) is 0.214. The van der Waals surface area contributed by atoms with Crippen LogP contribution in [-0.4, -0.2) is 19.9 Å². The summed E-state index contributed by atoms with van der Waals surface area (Å²) in [7, 11) is -3.64. The number of halogens is 1. The summed E-state index contributed by atoms with van der Waals surface area (Å²) >= 11 is 3.26. The molecule has 7 heteroatoms. The van der Waals surface area contributed by atoms with Crippen molar-refractivity contribution in [3.63, 3.8) is 0 Å². The largest absolute Gasteiger partial charge is 0.385 e. The molecular formula is C14H16BrN3O2S. The standard InChI is InChI=1S/C14H16BrN3O2S/c1-2-9-16-11-5-7-12(8-6-11)21(19,20)18-14-13(15)4-3-10-17-14/h3-8,10,16H,2,9H2,1H3,(H,17,18). The lowest BCUT2D eigenvalue weighted by Crippen LogP contribution is -2.14. The first-order chi connectivity index (χ1) is 10.0. The molecule has 1 aromatic heterocycles. The van der Waals surface area contributed by atoms with Crippen LogP contribution in [0.25, 0.3) is 0 Å². The van der Waals surface area contributed by atoms with Crippen molar-refractivity contribution in [3.05, 3.63) is 47.1 Å². The molecule has 0 amide bonds. The second kappa shape index (κ2) is 6.91. The average molecular weight is 370 g/mol. The van der Waals surface area contributed by atoms with E-state index in [1.54, 1.807) is 36.4 Å². The first kappa shape index (κ1) is 15.8. The van der Waals surface area contributed by atoms with Crippen molar-refractivity contribution in [2.45, 2.75) is 18.2 Å². The van der Waals surface area contributed by atoms with Crippen molar-refractivity contribution in [1.82, 2.24) is 4.98 Å². The monoisotopic (exact) mass is 369 g/mol. The van der Waals surface area contributed by atoms with Crippen molar-refractivity contribution in [2.24, 2.45) is 0 Å². The molecule has 0 radical (unpaired) electrons. The number of benzene rings is 1. The molecular weight excluding hydrogens is 354 g/mol. The van der Waals surface area contributed by atoms with Crippen LogP contribution in [0.4, 0.5) is 11.5 Å². The number of aromatic nitrogens is 1. The van der Waals surface area contributed by atoms with Crippen LogP contribution in [0.1, 0.15) is 13.3 Å². The summed E-state index contributed by atoms with van der Waals surface area (Å²) in [6, 6.07) is 10.1. The summed E-state index contributed by atoms with van der Waals surface area (Å²) in [5.41, 5.74) is 0.898. The highest BCUT2D eigenvalue weighted by Gasteiger charge is 2.16. The topological polar surface area (TPSA) is 71.1 Å². The highest BCUT2D eigenvalue weighted by molar-refractivity contribution is 9.10. The Labute approximate surface area is 133 Å². The molecule has 2 aromatic rings. The Bertz CT molecular complexity index is 702. The molecule has 0 saturated carbocycles. The predicted molar refractivity (Wildman–Crippen MR) is 88.0 cm³/mol. The van der Waals surface area contributed by atoms with Crippen molar-refractivity contribution in [2.75, 3.05) is 16.6 Å². The third-order valence-electron chi connectivity index (χ3n) is 2.73. The van der Waals surface area contributed by atoms with Gasteiger partial charge in [-0.15, -0.1) is 0 Å². The molecule has 1 heterocycles. The zero-order valence-electron chi connectivity index (χ0n) is 11.5. The summed E-state index contributed by atoms with van der Waals surface area (Å²) in [5.74, 6) is 0.269. The van der Waals surface area contributed by atoms with E-state index < -0.39 is 10.0 Å². The van der Waals surface area contributed by atoms with Crippen molar-refractivity contribution < 1.29 is 8.42 Å². The Morgan fingerprint density at radius 2 is 1.90 bits per heavy atom. The molecule has 2 N–H and O–H groups in total. The Morgan fingerprint density at radius 1 is 1.19 bits per heavy atom. The summed E-state index contributed by atoms with van der Waals surface area (Å²) in [5, 5.41) is 3.20. The number of rotatable bonds is 6. The smallest absolute Gasteiger partial charge is 0.263 e. The van der Waals surface area contributed by atoms with E-state index in [9.17, 15) is 8.42 Å². The molecule has 1 aromatic carbocycles. The third kappa shape index (κ3) is 4.18. The van der Waals surface area contributed by atoms with E-state index in [2.05, 4.69) is 37.9 Å². The van der Waals surface area contributed by atoms with Crippen LogP contribution in [0.2, 0.25) is 0 Å². The van der Waals surface area contributed by atoms with Crippen LogP contribution >= 0.6 is 15.9 Å². The van der Waals surface area contributed by atoms with Gasteiger partial charge in [0.25, 0.3) is 10.0 Å². The van der Waals surface area contributed by atoms with Gasteiger partial charge in [-0.05, 0) is 58.7 Å². The lowest BCUT2D eigenvalue weighted by Gasteiger charge is -2.10. The summed E-state index contributed by atoms with van der Waals surface area (Å²) in [6.45, 7) is 2.92. The summed E-state index contributed by atoms with van der Waals surface area (Å²) in [6.07, 6.45) is 2.54. The number of anilines is 2. The number of nitrogens with one attached hydrogen (secondary N) is 2. The molecule has 0 saturated heterocycles. The Hall–Kier alpha value is -1.60. The van der Waals surface area contributed by atoms with Crippen LogP contribution in [0.5, 0.6) is 0 Å². The Balaban J connectivity index is 2.18. The van der Waals surface area contributed by atoms with Gasteiger partial charge < -0.3 is 5.32 Å². The van der Waals surface area contributed by atoms with E-state index in [1.807, 2.05) is 0 Å². The molecule has 0 bridgehead atoms. The zero-order valence-corrected chi connectivity index (χ0v) is 13.9. The molecule has 2 rings (SSSR count). The minimum Gasteiger partial charge on any atom is -0.385 e. The second-order valence-electron chi connectivity index (χ2n) is 4.39. The summed E-state index contributed by atoms with van der Waals surface area (Å²) < 4.78 is 27.6. The maximum absolute atomic E-state index is 12.3. The number of hydrogen-bond donors (Lipinski definition) is 2. The molecule has 0 aliphatic rings. The Morgan fingerprint density at radius 3 is 2.52 bits per heavy atom. The normalized spacial score (nSPS) is 11.1. The van der Waals surface area contributed by atoms with Gasteiger partial charge in [-0.1, -0.05) is 6.92 Å². The van der Waals surface area contributed by atoms with Crippen molar-refractivity contribution in [1.29, 1.82) is 0 Å². The lowest BCUT2D eigenvalue weighted by atomic mass is 10.3.